The third-order valence-electron chi connectivity index (χ3n) is 4.48. The molecule has 0 amide bonds. The van der Waals surface area contributed by atoms with Gasteiger partial charge in [0.1, 0.15) is 11.8 Å². The molecule has 33 heavy (non-hydrogen) atoms. The van der Waals surface area contributed by atoms with Gasteiger partial charge >= 0.3 is 13.7 Å². The number of rotatable bonds is 11. The topological polar surface area (TPSA) is 163 Å². The Labute approximate surface area is 189 Å². The van der Waals surface area contributed by atoms with Crippen LogP contribution in [0.25, 0.3) is 11.2 Å². The Bertz CT molecular complexity index is 1240. The van der Waals surface area contributed by atoms with Gasteiger partial charge in [0, 0.05) is 6.54 Å². The number of imidazole rings is 1. The molecule has 0 aliphatic rings. The fourth-order valence-corrected chi connectivity index (χ4v) is 4.38. The summed E-state index contributed by atoms with van der Waals surface area (Å²) in [6.07, 6.45) is 1.76. The molecule has 0 saturated carbocycles. The predicted octanol–water partition coefficient (Wildman–Crippen LogP) is 2.00. The van der Waals surface area contributed by atoms with E-state index in [2.05, 4.69) is 31.4 Å². The minimum atomic E-state index is -3.93. The van der Waals surface area contributed by atoms with Crippen LogP contribution in [0.4, 0.5) is 5.95 Å². The molecule has 0 saturated heterocycles. The van der Waals surface area contributed by atoms with Crippen LogP contribution in [-0.2, 0) is 25.2 Å². The molecule has 0 radical (unpaired) electrons. The number of methoxy groups -OCH3 is 1. The summed E-state index contributed by atoms with van der Waals surface area (Å²) < 4.78 is 30.7. The molecule has 0 bridgehead atoms. The zero-order valence-electron chi connectivity index (χ0n) is 18.2. The lowest BCUT2D eigenvalue weighted by atomic mass is 10.2. The molecule has 4 N–H and O–H groups in total. The monoisotopic (exact) mass is 476 g/mol. The van der Waals surface area contributed by atoms with Gasteiger partial charge in [-0.15, -0.1) is 0 Å². The van der Waals surface area contributed by atoms with Gasteiger partial charge in [-0.25, -0.2) is 9.55 Å². The summed E-state index contributed by atoms with van der Waals surface area (Å²) in [5.41, 5.74) is 6.34. The van der Waals surface area contributed by atoms with Gasteiger partial charge in [-0.2, -0.15) is 10.1 Å². The van der Waals surface area contributed by atoms with Crippen molar-refractivity contribution in [3.63, 3.8) is 0 Å². The largest absolute Gasteiger partial charge is 0.468 e. The number of carbonyl (C=O) groups is 1. The fourth-order valence-electron chi connectivity index (χ4n) is 2.89. The maximum Gasteiger partial charge on any atom is 0.459 e. The standard InChI is InChI=1S/C20H25N6O6P/c1-13(11-26-12-22-16-17(26)23-20(21)24-18(16)27)9-10-31-33(29,25-14(2)19(28)30-3)32-15-7-5-4-6-8-15/h4-8,12,14H,1,9-11H2,2-3H3,(H,25,29)(H3,21,23,24,27)/t14-,33?/m0/s1. The molecule has 2 atom stereocenters. The number of nitrogen functional groups attached to an aromatic ring is 1. The Hall–Kier alpha value is -3.47. The van der Waals surface area contributed by atoms with Crippen molar-refractivity contribution in [3.05, 3.63) is 59.2 Å². The predicted molar refractivity (Wildman–Crippen MR) is 122 cm³/mol. The van der Waals surface area contributed by atoms with Crippen molar-refractivity contribution in [2.75, 3.05) is 19.5 Å². The Balaban J connectivity index is 1.65. The molecular formula is C20H25N6O6P. The van der Waals surface area contributed by atoms with Gasteiger partial charge in [0.2, 0.25) is 5.95 Å². The van der Waals surface area contributed by atoms with Crippen molar-refractivity contribution in [2.45, 2.75) is 25.9 Å². The van der Waals surface area contributed by atoms with E-state index in [1.165, 1.54) is 20.4 Å². The first-order valence-corrected chi connectivity index (χ1v) is 11.5. The van der Waals surface area contributed by atoms with E-state index < -0.39 is 25.3 Å². The van der Waals surface area contributed by atoms with Crippen molar-refractivity contribution in [1.82, 2.24) is 24.6 Å². The molecule has 0 aliphatic carbocycles. The minimum Gasteiger partial charge on any atom is -0.468 e. The number of aromatic nitrogens is 4. The van der Waals surface area contributed by atoms with Crippen LogP contribution in [0.15, 0.2) is 53.6 Å². The van der Waals surface area contributed by atoms with E-state index in [1.807, 2.05) is 0 Å². The molecule has 0 aliphatic heterocycles. The first kappa shape index (κ1) is 24.2. The molecule has 2 heterocycles. The summed E-state index contributed by atoms with van der Waals surface area (Å²) in [5.74, 6) is -0.329. The number of nitrogens with one attached hydrogen (secondary N) is 2. The summed E-state index contributed by atoms with van der Waals surface area (Å²) in [6, 6.07) is 7.51. The molecule has 176 valence electrons. The molecule has 0 fully saturated rings. The van der Waals surface area contributed by atoms with Crippen molar-refractivity contribution in [3.8, 4) is 5.75 Å². The van der Waals surface area contributed by atoms with Crippen molar-refractivity contribution >= 4 is 30.8 Å². The highest BCUT2D eigenvalue weighted by Crippen LogP contribution is 2.45. The number of hydrogen-bond donors (Lipinski definition) is 3. The molecule has 1 aromatic carbocycles. The van der Waals surface area contributed by atoms with Gasteiger partial charge in [-0.3, -0.25) is 19.1 Å². The van der Waals surface area contributed by atoms with Crippen molar-refractivity contribution in [1.29, 1.82) is 0 Å². The lowest BCUT2D eigenvalue weighted by Gasteiger charge is -2.22. The normalized spacial score (nSPS) is 13.9. The fraction of sp³-hybridized carbons (Fsp3) is 0.300. The van der Waals surface area contributed by atoms with E-state index in [9.17, 15) is 14.2 Å². The molecule has 1 unspecified atom stereocenters. The third kappa shape index (κ3) is 6.28. The zero-order valence-corrected chi connectivity index (χ0v) is 19.1. The maximum atomic E-state index is 13.3. The van der Waals surface area contributed by atoms with E-state index in [4.69, 9.17) is 14.8 Å². The Morgan fingerprint density at radius 1 is 1.36 bits per heavy atom. The summed E-state index contributed by atoms with van der Waals surface area (Å²) in [4.78, 5) is 34.2. The van der Waals surface area contributed by atoms with Crippen LogP contribution in [0.5, 0.6) is 5.75 Å². The summed E-state index contributed by atoms with van der Waals surface area (Å²) in [6.45, 7) is 5.74. The minimum absolute atomic E-state index is 0.0204. The van der Waals surface area contributed by atoms with Crippen LogP contribution in [0.3, 0.4) is 0 Å². The highest BCUT2D eigenvalue weighted by molar-refractivity contribution is 7.52. The lowest BCUT2D eigenvalue weighted by Crippen LogP contribution is -2.34. The number of aromatic amines is 1. The van der Waals surface area contributed by atoms with Crippen LogP contribution in [0.1, 0.15) is 13.3 Å². The van der Waals surface area contributed by atoms with Gasteiger partial charge in [-0.1, -0.05) is 30.4 Å². The number of benzene rings is 1. The van der Waals surface area contributed by atoms with Crippen LogP contribution in [-0.4, -0.2) is 45.2 Å². The number of H-pyrrole nitrogens is 1. The van der Waals surface area contributed by atoms with Gasteiger partial charge in [-0.05, 0) is 25.5 Å². The molecule has 3 aromatic rings. The van der Waals surface area contributed by atoms with Crippen LogP contribution < -0.4 is 20.9 Å². The Morgan fingerprint density at radius 2 is 2.09 bits per heavy atom. The number of nitrogens with two attached hydrogens (primary N) is 1. The van der Waals surface area contributed by atoms with E-state index in [-0.39, 0.29) is 24.6 Å². The first-order chi connectivity index (χ1) is 15.7. The number of hydrogen-bond acceptors (Lipinski definition) is 9. The highest BCUT2D eigenvalue weighted by atomic mass is 31.2. The van der Waals surface area contributed by atoms with Gasteiger partial charge < -0.3 is 19.6 Å². The summed E-state index contributed by atoms with van der Waals surface area (Å²) >= 11 is 0. The third-order valence-corrected chi connectivity index (χ3v) is 6.16. The van der Waals surface area contributed by atoms with Crippen LogP contribution >= 0.6 is 7.75 Å². The maximum absolute atomic E-state index is 13.3. The Kier molecular flexibility index (Phi) is 7.64. The lowest BCUT2D eigenvalue weighted by molar-refractivity contribution is -0.142. The molecule has 0 spiro atoms. The van der Waals surface area contributed by atoms with Crippen molar-refractivity contribution < 1.29 is 23.1 Å². The number of esters is 1. The second-order valence-electron chi connectivity index (χ2n) is 7.10. The second-order valence-corrected chi connectivity index (χ2v) is 8.80. The van der Waals surface area contributed by atoms with Gasteiger partial charge in [0.05, 0.1) is 20.0 Å². The number of nitrogens with zero attached hydrogens (tertiary/aromatic N) is 3. The number of fused-ring (bicyclic) bond motifs is 1. The number of para-hydroxylation sites is 1. The number of ether oxygens (including phenoxy) is 1. The molecular weight excluding hydrogens is 451 g/mol. The van der Waals surface area contributed by atoms with Crippen LogP contribution in [0, 0.1) is 0 Å². The number of anilines is 1. The summed E-state index contributed by atoms with van der Waals surface area (Å²) in [5, 5.41) is 2.58. The summed E-state index contributed by atoms with van der Waals surface area (Å²) in [7, 11) is -2.70. The van der Waals surface area contributed by atoms with Crippen LogP contribution in [0.2, 0.25) is 0 Å². The van der Waals surface area contributed by atoms with E-state index in [0.29, 0.717) is 23.4 Å². The average molecular weight is 476 g/mol. The van der Waals surface area contributed by atoms with E-state index >= 15 is 0 Å². The van der Waals surface area contributed by atoms with E-state index in [0.717, 1.165) is 0 Å². The smallest absolute Gasteiger partial charge is 0.459 e. The van der Waals surface area contributed by atoms with E-state index in [1.54, 1.807) is 34.9 Å². The second kappa shape index (κ2) is 10.4. The Morgan fingerprint density at radius 3 is 2.79 bits per heavy atom. The molecule has 12 nitrogen and oxygen atoms in total. The molecule has 2 aromatic heterocycles. The SMILES string of the molecule is C=C(CCOP(=O)(N[C@@H](C)C(=O)OC)Oc1ccccc1)Cn1cnc2c(=O)[nH]c(N)nc21. The highest BCUT2D eigenvalue weighted by Gasteiger charge is 2.31. The van der Waals surface area contributed by atoms with Crippen molar-refractivity contribution in [2.24, 2.45) is 0 Å². The molecule has 3 rings (SSSR count). The first-order valence-electron chi connectivity index (χ1n) is 9.93. The van der Waals surface area contributed by atoms with Gasteiger partial charge in [0.25, 0.3) is 5.56 Å². The number of carbonyl (C=O) groups excluding carboxylic acids is 1. The van der Waals surface area contributed by atoms with Gasteiger partial charge in [0.15, 0.2) is 11.2 Å². The quantitative estimate of drug-likeness (QED) is 0.212. The molecule has 13 heteroatoms. The zero-order chi connectivity index (χ0) is 24.0. The average Bonchev–Trinajstić information content (AvgIpc) is 3.16.